The van der Waals surface area contributed by atoms with Crippen LogP contribution in [0.25, 0.3) is 0 Å². The van der Waals surface area contributed by atoms with Crippen LogP contribution >= 0.6 is 23.2 Å². The van der Waals surface area contributed by atoms with Gasteiger partial charge in [-0.1, -0.05) is 41.4 Å². The van der Waals surface area contributed by atoms with E-state index in [9.17, 15) is 4.79 Å². The van der Waals surface area contributed by atoms with Gasteiger partial charge in [0.25, 0.3) is 0 Å². The smallest absolute Gasteiger partial charge is 0.236 e. The van der Waals surface area contributed by atoms with Crippen LogP contribution < -0.4 is 4.90 Å². The van der Waals surface area contributed by atoms with Gasteiger partial charge in [0, 0.05) is 66.9 Å². The molecule has 1 unspecified atom stereocenters. The second-order valence-electron chi connectivity index (χ2n) is 8.40. The molecule has 5 nitrogen and oxygen atoms in total. The number of hydrogen-bond donors (Lipinski definition) is 0. The lowest BCUT2D eigenvalue weighted by Gasteiger charge is -2.40. The summed E-state index contributed by atoms with van der Waals surface area (Å²) in [5.41, 5.74) is 3.49. The number of rotatable bonds is 4. The van der Waals surface area contributed by atoms with E-state index in [2.05, 4.69) is 50.9 Å². The topological polar surface area (TPSA) is 31.7 Å². The van der Waals surface area contributed by atoms with Crippen LogP contribution in [-0.4, -0.2) is 59.5 Å². The fourth-order valence-electron chi connectivity index (χ4n) is 4.79. The molecule has 1 atom stereocenters. The number of nitrogens with zero attached hydrogens (tertiary/aromatic N) is 4. The van der Waals surface area contributed by atoms with Crippen molar-refractivity contribution in [1.29, 1.82) is 0 Å². The highest BCUT2D eigenvalue weighted by atomic mass is 35.5. The van der Waals surface area contributed by atoms with Gasteiger partial charge in [-0.25, -0.2) is 0 Å². The summed E-state index contributed by atoms with van der Waals surface area (Å²) in [6.45, 7) is 5.22. The van der Waals surface area contributed by atoms with Gasteiger partial charge in [0.1, 0.15) is 0 Å². The Kier molecular flexibility index (Phi) is 6.13. The first-order chi connectivity index (χ1) is 15.6. The van der Waals surface area contributed by atoms with Crippen molar-refractivity contribution < 1.29 is 4.79 Å². The van der Waals surface area contributed by atoms with Gasteiger partial charge in [-0.3, -0.25) is 9.69 Å². The van der Waals surface area contributed by atoms with Gasteiger partial charge in [0.15, 0.2) is 0 Å². The zero-order valence-corrected chi connectivity index (χ0v) is 19.3. The first-order valence-corrected chi connectivity index (χ1v) is 11.8. The van der Waals surface area contributed by atoms with Gasteiger partial charge in [0.2, 0.25) is 5.91 Å². The molecule has 3 aromatic rings. The lowest BCUT2D eigenvalue weighted by Crippen LogP contribution is -2.52. The minimum Gasteiger partial charge on any atom is -0.368 e. The van der Waals surface area contributed by atoms with E-state index in [1.54, 1.807) is 0 Å². The number of hydrogen-bond acceptors (Lipinski definition) is 3. The zero-order valence-electron chi connectivity index (χ0n) is 17.8. The minimum absolute atomic E-state index is 0.0488. The van der Waals surface area contributed by atoms with Crippen molar-refractivity contribution in [2.24, 2.45) is 0 Å². The van der Waals surface area contributed by atoms with Gasteiger partial charge < -0.3 is 14.4 Å². The molecule has 1 saturated heterocycles. The molecule has 7 heteroatoms. The van der Waals surface area contributed by atoms with Crippen molar-refractivity contribution in [2.45, 2.75) is 12.6 Å². The van der Waals surface area contributed by atoms with E-state index in [4.69, 9.17) is 23.2 Å². The molecule has 2 aliphatic rings. The normalized spacial score (nSPS) is 19.1. The van der Waals surface area contributed by atoms with Crippen molar-refractivity contribution in [1.82, 2.24) is 14.4 Å². The van der Waals surface area contributed by atoms with Crippen LogP contribution in [0.3, 0.4) is 0 Å². The molecule has 166 valence electrons. The summed E-state index contributed by atoms with van der Waals surface area (Å²) in [4.78, 5) is 19.8. The summed E-state index contributed by atoms with van der Waals surface area (Å²) < 4.78 is 2.28. The van der Waals surface area contributed by atoms with Crippen LogP contribution in [0.2, 0.25) is 10.0 Å². The number of aromatic nitrogens is 1. The standard InChI is InChI=1S/C25H26Cl2N4O/c26-20-8-6-19(7-9-20)25-23-5-2-10-29(23)13-16-31(25)18-24(32)30-14-11-28(12-15-30)22-4-1-3-21(27)17-22/h1-10,17,25H,11-16,18H2. The molecule has 32 heavy (non-hydrogen) atoms. The third-order valence-electron chi connectivity index (χ3n) is 6.47. The molecule has 0 radical (unpaired) electrons. The average molecular weight is 469 g/mol. The molecule has 0 saturated carbocycles. The monoisotopic (exact) mass is 468 g/mol. The van der Waals surface area contributed by atoms with Gasteiger partial charge >= 0.3 is 0 Å². The molecular formula is C25H26Cl2N4O. The lowest BCUT2D eigenvalue weighted by atomic mass is 10.00. The lowest BCUT2D eigenvalue weighted by molar-refractivity contribution is -0.133. The van der Waals surface area contributed by atoms with Crippen molar-refractivity contribution in [3.05, 3.63) is 88.2 Å². The molecule has 3 heterocycles. The quantitative estimate of drug-likeness (QED) is 0.562. The van der Waals surface area contributed by atoms with Crippen LogP contribution in [0.1, 0.15) is 17.3 Å². The van der Waals surface area contributed by atoms with Crippen molar-refractivity contribution in [2.75, 3.05) is 44.2 Å². The van der Waals surface area contributed by atoms with Crippen molar-refractivity contribution in [3.63, 3.8) is 0 Å². The summed E-state index contributed by atoms with van der Waals surface area (Å²) in [5, 5.41) is 1.46. The van der Waals surface area contributed by atoms with E-state index in [1.807, 2.05) is 35.2 Å². The number of amides is 1. The summed E-state index contributed by atoms with van der Waals surface area (Å²) in [5.74, 6) is 0.190. The average Bonchev–Trinajstić information content (AvgIpc) is 3.29. The van der Waals surface area contributed by atoms with E-state index in [1.165, 1.54) is 5.69 Å². The Balaban J connectivity index is 1.28. The molecule has 2 aromatic carbocycles. The number of fused-ring (bicyclic) bond motifs is 1. The Morgan fingerprint density at radius 3 is 2.38 bits per heavy atom. The highest BCUT2D eigenvalue weighted by Gasteiger charge is 2.32. The maximum atomic E-state index is 13.3. The highest BCUT2D eigenvalue weighted by molar-refractivity contribution is 6.31. The molecule has 5 rings (SSSR count). The minimum atomic E-state index is 0.0488. The number of carbonyl (C=O) groups is 1. The summed E-state index contributed by atoms with van der Waals surface area (Å²) >= 11 is 12.3. The molecular weight excluding hydrogens is 443 g/mol. The Morgan fingerprint density at radius 2 is 1.62 bits per heavy atom. The van der Waals surface area contributed by atoms with E-state index < -0.39 is 0 Å². The molecule has 0 N–H and O–H groups in total. The first kappa shape index (κ1) is 21.4. The fourth-order valence-corrected chi connectivity index (χ4v) is 5.10. The van der Waals surface area contributed by atoms with Crippen LogP contribution in [0.4, 0.5) is 5.69 Å². The molecule has 2 aliphatic heterocycles. The third kappa shape index (κ3) is 4.38. The molecule has 1 aromatic heterocycles. The number of halogens is 2. The molecule has 1 amide bonds. The number of benzene rings is 2. The highest BCUT2D eigenvalue weighted by Crippen LogP contribution is 2.33. The maximum Gasteiger partial charge on any atom is 0.236 e. The van der Waals surface area contributed by atoms with Crippen molar-refractivity contribution >= 4 is 34.8 Å². The van der Waals surface area contributed by atoms with Gasteiger partial charge in [-0.05, 0) is 48.0 Å². The number of anilines is 1. The predicted octanol–water partition coefficient (Wildman–Crippen LogP) is 4.55. The summed E-state index contributed by atoms with van der Waals surface area (Å²) in [6, 6.07) is 20.2. The second kappa shape index (κ2) is 9.18. The second-order valence-corrected chi connectivity index (χ2v) is 9.27. The number of carbonyl (C=O) groups excluding carboxylic acids is 1. The van der Waals surface area contributed by atoms with E-state index in [0.717, 1.165) is 60.6 Å². The Morgan fingerprint density at radius 1 is 0.844 bits per heavy atom. The Bertz CT molecular complexity index is 1090. The van der Waals surface area contributed by atoms with Gasteiger partial charge in [-0.2, -0.15) is 0 Å². The summed E-state index contributed by atoms with van der Waals surface area (Å²) in [7, 11) is 0. The Hall–Kier alpha value is -2.47. The third-order valence-corrected chi connectivity index (χ3v) is 6.95. The van der Waals surface area contributed by atoms with Crippen molar-refractivity contribution in [3.8, 4) is 0 Å². The van der Waals surface area contributed by atoms with Gasteiger partial charge in [-0.15, -0.1) is 0 Å². The first-order valence-electron chi connectivity index (χ1n) is 11.0. The van der Waals surface area contributed by atoms with Crippen LogP contribution in [-0.2, 0) is 11.3 Å². The molecule has 1 fully saturated rings. The molecule has 0 bridgehead atoms. The fraction of sp³-hybridized carbons (Fsp3) is 0.320. The Labute approximate surface area is 198 Å². The van der Waals surface area contributed by atoms with E-state index in [0.29, 0.717) is 6.54 Å². The van der Waals surface area contributed by atoms with E-state index in [-0.39, 0.29) is 11.9 Å². The number of piperazine rings is 1. The summed E-state index contributed by atoms with van der Waals surface area (Å²) in [6.07, 6.45) is 2.12. The zero-order chi connectivity index (χ0) is 22.1. The SMILES string of the molecule is O=C(CN1CCn2cccc2C1c1ccc(Cl)cc1)N1CCN(c2cccc(Cl)c2)CC1. The van der Waals surface area contributed by atoms with Crippen LogP contribution in [0.5, 0.6) is 0 Å². The largest absolute Gasteiger partial charge is 0.368 e. The van der Waals surface area contributed by atoms with E-state index >= 15 is 0 Å². The van der Waals surface area contributed by atoms with Crippen LogP contribution in [0, 0.1) is 0 Å². The maximum absolute atomic E-state index is 13.3. The van der Waals surface area contributed by atoms with Crippen LogP contribution in [0.15, 0.2) is 66.9 Å². The predicted molar refractivity (Wildman–Crippen MR) is 130 cm³/mol. The molecule has 0 spiro atoms. The van der Waals surface area contributed by atoms with Gasteiger partial charge in [0.05, 0.1) is 12.6 Å². The molecule has 0 aliphatic carbocycles.